The van der Waals surface area contributed by atoms with E-state index in [0.29, 0.717) is 11.4 Å². The number of phenolic OH excluding ortho intramolecular Hbond substituents is 1. The third-order valence-electron chi connectivity index (χ3n) is 5.65. The second-order valence-electron chi connectivity index (χ2n) is 7.31. The van der Waals surface area contributed by atoms with Crippen molar-refractivity contribution in [3.8, 4) is 17.1 Å². The maximum atomic E-state index is 11.9. The van der Waals surface area contributed by atoms with Crippen LogP contribution in [-0.2, 0) is 11.8 Å². The van der Waals surface area contributed by atoms with Gasteiger partial charge in [-0.1, -0.05) is 6.07 Å². The first-order chi connectivity index (χ1) is 14.5. The predicted octanol–water partition coefficient (Wildman–Crippen LogP) is 4.74. The first-order valence-electron chi connectivity index (χ1n) is 9.54. The van der Waals surface area contributed by atoms with Gasteiger partial charge in [-0.05, 0) is 60.3 Å². The molecule has 30 heavy (non-hydrogen) atoms. The summed E-state index contributed by atoms with van der Waals surface area (Å²) in [6.07, 6.45) is 1.76. The normalized spacial score (nSPS) is 11.4. The summed E-state index contributed by atoms with van der Waals surface area (Å²) in [6, 6.07) is 14.7. The Balaban J connectivity index is 1.88. The Morgan fingerprint density at radius 3 is 2.67 bits per heavy atom. The summed E-state index contributed by atoms with van der Waals surface area (Å²) in [5.41, 5.74) is 4.80. The number of aromatic nitrogens is 3. The lowest BCUT2D eigenvalue weighted by atomic mass is 9.99. The summed E-state index contributed by atoms with van der Waals surface area (Å²) in [5, 5.41) is 14.1. The van der Waals surface area contributed by atoms with Gasteiger partial charge in [0.15, 0.2) is 0 Å². The molecule has 0 bridgehead atoms. The number of aryl methyl sites for hydroxylation is 2. The van der Waals surface area contributed by atoms with E-state index in [1.165, 1.54) is 7.11 Å². The predicted molar refractivity (Wildman–Crippen MR) is 117 cm³/mol. The van der Waals surface area contributed by atoms with Crippen LogP contribution in [0.4, 0.5) is 0 Å². The zero-order valence-electron chi connectivity index (χ0n) is 16.8. The number of rotatable bonds is 2. The van der Waals surface area contributed by atoms with Gasteiger partial charge in [0, 0.05) is 34.9 Å². The van der Waals surface area contributed by atoms with Crippen LogP contribution in [0.1, 0.15) is 16.1 Å². The minimum atomic E-state index is -0.486. The highest BCUT2D eigenvalue weighted by atomic mass is 16.5. The van der Waals surface area contributed by atoms with E-state index in [0.717, 1.165) is 38.1 Å². The summed E-state index contributed by atoms with van der Waals surface area (Å²) < 4.78 is 6.95. The molecule has 6 heteroatoms. The highest BCUT2D eigenvalue weighted by Crippen LogP contribution is 2.38. The van der Waals surface area contributed by atoms with E-state index in [1.54, 1.807) is 30.5 Å². The molecule has 1 N–H and O–H groups in total. The van der Waals surface area contributed by atoms with Crippen LogP contribution in [0.5, 0.6) is 5.75 Å². The molecule has 0 fully saturated rings. The molecule has 6 nitrogen and oxygen atoms in total. The molecule has 5 rings (SSSR count). The molecule has 0 spiro atoms. The molecule has 0 aliphatic heterocycles. The Morgan fingerprint density at radius 2 is 1.87 bits per heavy atom. The minimum Gasteiger partial charge on any atom is -0.508 e. The molecule has 0 aliphatic carbocycles. The van der Waals surface area contributed by atoms with Gasteiger partial charge in [-0.2, -0.15) is 0 Å². The smallest absolute Gasteiger partial charge is 0.356 e. The Kier molecular flexibility index (Phi) is 3.96. The zero-order valence-corrected chi connectivity index (χ0v) is 16.8. The fraction of sp³-hybridized carbons (Fsp3) is 0.125. The summed E-state index contributed by atoms with van der Waals surface area (Å²) in [4.78, 5) is 21.0. The van der Waals surface area contributed by atoms with Crippen LogP contribution in [0.15, 0.2) is 54.7 Å². The second-order valence-corrected chi connectivity index (χ2v) is 7.31. The van der Waals surface area contributed by atoms with Crippen LogP contribution < -0.4 is 0 Å². The highest BCUT2D eigenvalue weighted by molar-refractivity contribution is 6.16. The molecular formula is C24H19N3O3. The lowest BCUT2D eigenvalue weighted by molar-refractivity contribution is 0.0594. The Morgan fingerprint density at radius 1 is 1.03 bits per heavy atom. The number of aromatic hydroxyl groups is 1. The van der Waals surface area contributed by atoms with Crippen LogP contribution in [-0.4, -0.2) is 32.7 Å². The van der Waals surface area contributed by atoms with Crippen molar-refractivity contribution in [2.75, 3.05) is 7.11 Å². The summed E-state index contributed by atoms with van der Waals surface area (Å²) in [5.74, 6) is -0.258. The molecule has 0 radical (unpaired) electrons. The SMILES string of the molecule is COC(=O)c1cccc(-c2nccc3c(C)c4c(cc23)c2cc(O)ccc2n4C)n1. The van der Waals surface area contributed by atoms with Crippen molar-refractivity contribution in [1.29, 1.82) is 0 Å². The van der Waals surface area contributed by atoms with Gasteiger partial charge in [-0.15, -0.1) is 0 Å². The summed E-state index contributed by atoms with van der Waals surface area (Å²) in [7, 11) is 3.37. The van der Waals surface area contributed by atoms with Crippen molar-refractivity contribution in [3.05, 3.63) is 66.0 Å². The van der Waals surface area contributed by atoms with Crippen LogP contribution >= 0.6 is 0 Å². The van der Waals surface area contributed by atoms with Crippen molar-refractivity contribution < 1.29 is 14.6 Å². The third-order valence-corrected chi connectivity index (χ3v) is 5.65. The van der Waals surface area contributed by atoms with Gasteiger partial charge < -0.3 is 14.4 Å². The van der Waals surface area contributed by atoms with Crippen molar-refractivity contribution in [2.45, 2.75) is 6.92 Å². The van der Waals surface area contributed by atoms with Crippen molar-refractivity contribution in [2.24, 2.45) is 7.05 Å². The molecular weight excluding hydrogens is 378 g/mol. The molecule has 0 saturated heterocycles. The van der Waals surface area contributed by atoms with E-state index >= 15 is 0 Å². The van der Waals surface area contributed by atoms with E-state index in [4.69, 9.17) is 4.74 Å². The quantitative estimate of drug-likeness (QED) is 0.435. The van der Waals surface area contributed by atoms with Crippen molar-refractivity contribution in [3.63, 3.8) is 0 Å². The Hall–Kier alpha value is -3.93. The Labute approximate surface area is 172 Å². The number of pyridine rings is 2. The summed E-state index contributed by atoms with van der Waals surface area (Å²) >= 11 is 0. The first-order valence-corrected chi connectivity index (χ1v) is 9.54. The fourth-order valence-corrected chi connectivity index (χ4v) is 4.27. The number of hydrogen-bond acceptors (Lipinski definition) is 5. The van der Waals surface area contributed by atoms with Crippen molar-refractivity contribution >= 4 is 38.5 Å². The standard InChI is InChI=1S/C24H19N3O3/c1-13-15-9-10-25-22(19-5-4-6-20(26-19)24(29)30-3)17(15)12-18-16-11-14(28)7-8-21(16)27(2)23(13)18/h4-12,28H,1-3H3. The highest BCUT2D eigenvalue weighted by Gasteiger charge is 2.17. The van der Waals surface area contributed by atoms with Gasteiger partial charge >= 0.3 is 5.97 Å². The number of methoxy groups -OCH3 is 1. The number of fused-ring (bicyclic) bond motifs is 4. The zero-order chi connectivity index (χ0) is 21.0. The van der Waals surface area contributed by atoms with E-state index in [2.05, 4.69) is 27.5 Å². The lowest BCUT2D eigenvalue weighted by Crippen LogP contribution is -2.05. The first kappa shape index (κ1) is 18.1. The van der Waals surface area contributed by atoms with Gasteiger partial charge in [0.1, 0.15) is 11.4 Å². The molecule has 0 amide bonds. The average molecular weight is 397 g/mol. The molecule has 2 aromatic carbocycles. The number of hydrogen-bond donors (Lipinski definition) is 1. The molecule has 0 atom stereocenters. The molecule has 3 aromatic heterocycles. The number of phenols is 1. The van der Waals surface area contributed by atoms with Crippen LogP contribution in [0.25, 0.3) is 44.0 Å². The summed E-state index contributed by atoms with van der Waals surface area (Å²) in [6.45, 7) is 2.09. The number of ether oxygens (including phenoxy) is 1. The maximum Gasteiger partial charge on any atom is 0.356 e. The number of benzene rings is 2. The molecule has 3 heterocycles. The van der Waals surface area contributed by atoms with E-state index in [1.807, 2.05) is 25.2 Å². The van der Waals surface area contributed by atoms with Gasteiger partial charge in [0.2, 0.25) is 0 Å². The Bertz CT molecular complexity index is 1480. The molecule has 0 aliphatic rings. The number of nitrogens with zero attached hydrogens (tertiary/aromatic N) is 3. The van der Waals surface area contributed by atoms with Crippen LogP contribution in [0, 0.1) is 6.92 Å². The minimum absolute atomic E-state index is 0.228. The van der Waals surface area contributed by atoms with Crippen molar-refractivity contribution in [1.82, 2.24) is 14.5 Å². The third kappa shape index (κ3) is 2.54. The van der Waals surface area contributed by atoms with Gasteiger partial charge in [0.05, 0.1) is 24.0 Å². The van der Waals surface area contributed by atoms with Crippen LogP contribution in [0.3, 0.4) is 0 Å². The van der Waals surface area contributed by atoms with Gasteiger partial charge in [-0.3, -0.25) is 4.98 Å². The molecule has 0 unspecified atom stereocenters. The van der Waals surface area contributed by atoms with E-state index in [9.17, 15) is 9.90 Å². The second kappa shape index (κ2) is 6.56. The van der Waals surface area contributed by atoms with Gasteiger partial charge in [0.25, 0.3) is 0 Å². The lowest BCUT2D eigenvalue weighted by Gasteiger charge is -2.11. The largest absolute Gasteiger partial charge is 0.508 e. The van der Waals surface area contributed by atoms with E-state index < -0.39 is 5.97 Å². The molecule has 0 saturated carbocycles. The van der Waals surface area contributed by atoms with E-state index in [-0.39, 0.29) is 11.4 Å². The average Bonchev–Trinajstić information content (AvgIpc) is 3.04. The fourth-order valence-electron chi connectivity index (χ4n) is 4.27. The molecule has 5 aromatic rings. The van der Waals surface area contributed by atoms with Crippen LogP contribution in [0.2, 0.25) is 0 Å². The monoisotopic (exact) mass is 397 g/mol. The molecule has 148 valence electrons. The number of esters is 1. The number of carbonyl (C=O) groups is 1. The maximum absolute atomic E-state index is 11.9. The van der Waals surface area contributed by atoms with Gasteiger partial charge in [-0.25, -0.2) is 9.78 Å². The topological polar surface area (TPSA) is 77.2 Å². The number of carbonyl (C=O) groups excluding carboxylic acids is 1.